The van der Waals surface area contributed by atoms with Crippen molar-refractivity contribution in [2.45, 2.75) is 12.1 Å². The highest BCUT2D eigenvalue weighted by Gasteiger charge is 2.23. The SMILES string of the molecule is CO[C@H](c1ccc([N+](=O)O)cc1)[C@@H](CF)N=[N+]=[N-]. The summed E-state index contributed by atoms with van der Waals surface area (Å²) in [5.74, 6) is 0. The van der Waals surface area contributed by atoms with Crippen LogP contribution in [0.5, 0.6) is 0 Å². The molecule has 2 atom stereocenters. The van der Waals surface area contributed by atoms with Crippen LogP contribution >= 0.6 is 0 Å². The molecule has 8 heteroatoms. The van der Waals surface area contributed by atoms with Crippen molar-refractivity contribution in [3.05, 3.63) is 45.2 Å². The zero-order valence-electron chi connectivity index (χ0n) is 9.60. The summed E-state index contributed by atoms with van der Waals surface area (Å²) in [7, 11) is 1.36. The van der Waals surface area contributed by atoms with Crippen molar-refractivity contribution in [3.63, 3.8) is 0 Å². The molecule has 1 rings (SSSR count). The maximum absolute atomic E-state index is 12.7. The molecule has 1 aromatic carbocycles. The van der Waals surface area contributed by atoms with E-state index < -0.39 is 18.8 Å². The summed E-state index contributed by atoms with van der Waals surface area (Å²) in [6, 6.07) is 4.68. The Hall–Kier alpha value is -2.18. The lowest BCUT2D eigenvalue weighted by atomic mass is 10.0. The average molecular weight is 255 g/mol. The summed E-state index contributed by atoms with van der Waals surface area (Å²) in [5.41, 5.74) is 8.91. The summed E-state index contributed by atoms with van der Waals surface area (Å²) in [5, 5.41) is 12.0. The predicted molar refractivity (Wildman–Crippen MR) is 60.2 cm³/mol. The van der Waals surface area contributed by atoms with E-state index in [1.54, 1.807) is 0 Å². The summed E-state index contributed by atoms with van der Waals surface area (Å²) in [4.78, 5) is 12.9. The van der Waals surface area contributed by atoms with Gasteiger partial charge in [-0.25, -0.2) is 5.21 Å². The smallest absolute Gasteiger partial charge is 0.316 e. The van der Waals surface area contributed by atoms with E-state index in [1.807, 2.05) is 0 Å². The number of azide groups is 1. The standard InChI is InChI=1S/C10H12FN4O3/c1-18-10(9(6-11)13-14-12)7-2-4-8(5-3-7)15(16)17/h2-5,9-10H,6H2,1H3,(H,16,17)/q+1/t9-,10-/m1/s1. The van der Waals surface area contributed by atoms with Crippen LogP contribution in [-0.2, 0) is 4.74 Å². The fourth-order valence-electron chi connectivity index (χ4n) is 1.55. The Bertz CT molecular complexity index is 459. The normalized spacial score (nSPS) is 13.4. The first-order chi connectivity index (χ1) is 8.63. The van der Waals surface area contributed by atoms with Gasteiger partial charge in [0.05, 0.1) is 17.1 Å². The van der Waals surface area contributed by atoms with Gasteiger partial charge < -0.3 is 4.74 Å². The van der Waals surface area contributed by atoms with Crippen molar-refractivity contribution in [1.29, 1.82) is 0 Å². The maximum Gasteiger partial charge on any atom is 0.316 e. The van der Waals surface area contributed by atoms with Gasteiger partial charge in [-0.15, -0.1) is 0 Å². The van der Waals surface area contributed by atoms with Crippen molar-refractivity contribution in [2.24, 2.45) is 5.11 Å². The molecule has 0 aliphatic carbocycles. The topological polar surface area (TPSA) is 98.3 Å². The van der Waals surface area contributed by atoms with Crippen LogP contribution in [0.4, 0.5) is 10.1 Å². The Morgan fingerprint density at radius 3 is 2.56 bits per heavy atom. The number of benzene rings is 1. The molecule has 18 heavy (non-hydrogen) atoms. The number of rotatable bonds is 6. The van der Waals surface area contributed by atoms with Crippen molar-refractivity contribution < 1.29 is 19.3 Å². The lowest BCUT2D eigenvalue weighted by Gasteiger charge is -2.19. The van der Waals surface area contributed by atoms with Crippen molar-refractivity contribution in [1.82, 2.24) is 0 Å². The number of nitrogens with zero attached hydrogens (tertiary/aromatic N) is 4. The highest BCUT2D eigenvalue weighted by molar-refractivity contribution is 5.33. The molecule has 0 spiro atoms. The third-order valence-corrected chi connectivity index (χ3v) is 2.40. The predicted octanol–water partition coefficient (Wildman–Crippen LogP) is 2.82. The minimum Gasteiger partial charge on any atom is -0.376 e. The average Bonchev–Trinajstić information content (AvgIpc) is 2.39. The molecule has 0 amide bonds. The minimum atomic E-state index is -0.983. The van der Waals surface area contributed by atoms with Gasteiger partial charge in [-0.3, -0.25) is 4.39 Å². The number of halogens is 1. The fourth-order valence-corrected chi connectivity index (χ4v) is 1.55. The summed E-state index contributed by atoms with van der Waals surface area (Å²) >= 11 is 0. The van der Waals surface area contributed by atoms with Crippen LogP contribution in [0, 0.1) is 4.91 Å². The van der Waals surface area contributed by atoms with Crippen LogP contribution < -0.4 is 0 Å². The van der Waals surface area contributed by atoms with Gasteiger partial charge in [-0.05, 0) is 23.2 Å². The van der Waals surface area contributed by atoms with Crippen LogP contribution in [0.25, 0.3) is 10.4 Å². The monoisotopic (exact) mass is 255 g/mol. The van der Waals surface area contributed by atoms with Gasteiger partial charge in [0.1, 0.15) is 6.67 Å². The Balaban J connectivity index is 3.01. The molecular weight excluding hydrogens is 243 g/mol. The second kappa shape index (κ2) is 6.53. The van der Waals surface area contributed by atoms with E-state index in [9.17, 15) is 9.30 Å². The molecule has 0 saturated carbocycles. The molecule has 0 saturated heterocycles. The van der Waals surface area contributed by atoms with Gasteiger partial charge in [0, 0.05) is 24.2 Å². The number of ether oxygens (including phenoxy) is 1. The third kappa shape index (κ3) is 3.16. The second-order valence-electron chi connectivity index (χ2n) is 3.45. The minimum absolute atomic E-state index is 0.0363. The first-order valence-electron chi connectivity index (χ1n) is 5.03. The van der Waals surface area contributed by atoms with E-state index in [4.69, 9.17) is 15.5 Å². The van der Waals surface area contributed by atoms with E-state index in [-0.39, 0.29) is 10.6 Å². The Morgan fingerprint density at radius 2 is 2.17 bits per heavy atom. The molecule has 7 nitrogen and oxygen atoms in total. The molecule has 0 aliphatic heterocycles. The zero-order valence-corrected chi connectivity index (χ0v) is 9.60. The third-order valence-electron chi connectivity index (χ3n) is 2.40. The molecule has 0 heterocycles. The van der Waals surface area contributed by atoms with Crippen molar-refractivity contribution in [2.75, 3.05) is 13.8 Å². The van der Waals surface area contributed by atoms with E-state index in [1.165, 1.54) is 31.4 Å². The number of hydrogen-bond donors (Lipinski definition) is 1. The first-order valence-corrected chi connectivity index (χ1v) is 5.03. The molecule has 0 radical (unpaired) electrons. The van der Waals surface area contributed by atoms with E-state index in [0.29, 0.717) is 5.56 Å². The largest absolute Gasteiger partial charge is 0.376 e. The highest BCUT2D eigenvalue weighted by Crippen LogP contribution is 2.25. The molecule has 0 bridgehead atoms. The number of hydrogen-bond acceptors (Lipinski definition) is 3. The second-order valence-corrected chi connectivity index (χ2v) is 3.45. The van der Waals surface area contributed by atoms with E-state index in [0.717, 1.165) is 0 Å². The Labute approximate surface area is 102 Å². The first kappa shape index (κ1) is 13.9. The molecular formula is C10H12FN4O3+. The zero-order chi connectivity index (χ0) is 13.5. The lowest BCUT2D eigenvalue weighted by Crippen LogP contribution is -2.20. The van der Waals surface area contributed by atoms with Gasteiger partial charge in [-0.2, -0.15) is 0 Å². The Kier molecular flexibility index (Phi) is 5.04. The lowest BCUT2D eigenvalue weighted by molar-refractivity contribution is -0.729. The van der Waals surface area contributed by atoms with Crippen molar-refractivity contribution >= 4 is 5.69 Å². The maximum atomic E-state index is 12.7. The van der Waals surface area contributed by atoms with Crippen LogP contribution in [0.1, 0.15) is 11.7 Å². The fraction of sp³-hybridized carbons (Fsp3) is 0.400. The summed E-state index contributed by atoms with van der Waals surface area (Å²) in [6.07, 6.45) is -0.751. The van der Waals surface area contributed by atoms with Gasteiger partial charge in [0.15, 0.2) is 0 Å². The summed E-state index contributed by atoms with van der Waals surface area (Å²) in [6.45, 7) is -0.863. The number of methoxy groups -OCH3 is 1. The molecule has 0 fully saturated rings. The molecule has 1 N–H and O–H groups in total. The molecule has 1 aromatic rings. The number of alkyl halides is 1. The highest BCUT2D eigenvalue weighted by atomic mass is 19.1. The van der Waals surface area contributed by atoms with Gasteiger partial charge in [0.2, 0.25) is 0 Å². The molecule has 0 aliphatic rings. The van der Waals surface area contributed by atoms with Crippen LogP contribution in [0.2, 0.25) is 0 Å². The van der Waals surface area contributed by atoms with Crippen LogP contribution in [0.3, 0.4) is 0 Å². The van der Waals surface area contributed by atoms with Crippen LogP contribution in [-0.4, -0.2) is 30.0 Å². The van der Waals surface area contributed by atoms with Crippen molar-refractivity contribution in [3.8, 4) is 0 Å². The Morgan fingerprint density at radius 1 is 1.56 bits per heavy atom. The van der Waals surface area contributed by atoms with E-state index in [2.05, 4.69) is 10.0 Å². The summed E-state index contributed by atoms with van der Waals surface area (Å²) < 4.78 is 17.8. The quantitative estimate of drug-likeness (QED) is 0.366. The van der Waals surface area contributed by atoms with Gasteiger partial charge in [-0.1, -0.05) is 5.11 Å². The molecule has 96 valence electrons. The van der Waals surface area contributed by atoms with Gasteiger partial charge >= 0.3 is 5.69 Å². The molecule has 0 unspecified atom stereocenters. The van der Waals surface area contributed by atoms with Crippen LogP contribution in [0.15, 0.2) is 29.4 Å². The van der Waals surface area contributed by atoms with E-state index >= 15 is 0 Å². The van der Waals surface area contributed by atoms with Gasteiger partial charge in [0.25, 0.3) is 4.92 Å². The molecule has 0 aromatic heterocycles.